The first-order valence-electron chi connectivity index (χ1n) is 6.72. The average Bonchev–Trinajstić information content (AvgIpc) is 2.77. The van der Waals surface area contributed by atoms with Crippen LogP contribution in [0.1, 0.15) is 25.8 Å². The van der Waals surface area contributed by atoms with Gasteiger partial charge in [0.2, 0.25) is 5.91 Å². The molecule has 1 heterocycles. The van der Waals surface area contributed by atoms with Gasteiger partial charge in [-0.3, -0.25) is 9.69 Å². The minimum absolute atomic E-state index is 0.0770. The minimum atomic E-state index is 0.0770. The molecule has 3 heteroatoms. The molecule has 0 aliphatic carbocycles. The van der Waals surface area contributed by atoms with E-state index in [1.807, 2.05) is 19.9 Å². The number of carbonyl (C=O) groups is 1. The highest BCUT2D eigenvalue weighted by atomic mass is 16.1. The van der Waals surface area contributed by atoms with E-state index in [1.54, 1.807) is 0 Å². The van der Waals surface area contributed by atoms with E-state index in [0.717, 1.165) is 26.1 Å². The van der Waals surface area contributed by atoms with Crippen molar-refractivity contribution in [3.05, 3.63) is 35.9 Å². The largest absolute Gasteiger partial charge is 0.352 e. The molecular weight excluding hydrogens is 224 g/mol. The summed E-state index contributed by atoms with van der Waals surface area (Å²) in [6.07, 6.45) is 1.06. The van der Waals surface area contributed by atoms with Crippen molar-refractivity contribution in [2.45, 2.75) is 32.9 Å². The Bertz CT molecular complexity index is 389. The molecule has 3 nitrogen and oxygen atoms in total. The zero-order valence-corrected chi connectivity index (χ0v) is 11.2. The predicted octanol–water partition coefficient (Wildman–Crippen LogP) is 2.03. The van der Waals surface area contributed by atoms with Gasteiger partial charge in [-0.25, -0.2) is 0 Å². The van der Waals surface area contributed by atoms with Crippen LogP contribution >= 0.6 is 0 Å². The van der Waals surface area contributed by atoms with Crippen LogP contribution in [0.4, 0.5) is 0 Å². The number of benzene rings is 1. The molecule has 18 heavy (non-hydrogen) atoms. The number of hydrogen-bond donors (Lipinski definition) is 1. The summed E-state index contributed by atoms with van der Waals surface area (Å²) >= 11 is 0. The summed E-state index contributed by atoms with van der Waals surface area (Å²) in [4.78, 5) is 14.0. The second-order valence-corrected chi connectivity index (χ2v) is 5.37. The molecular formula is C15H22N2O. The topological polar surface area (TPSA) is 32.3 Å². The van der Waals surface area contributed by atoms with Gasteiger partial charge in [-0.1, -0.05) is 44.2 Å². The lowest BCUT2D eigenvalue weighted by Crippen LogP contribution is -2.39. The van der Waals surface area contributed by atoms with Crippen molar-refractivity contribution in [1.29, 1.82) is 0 Å². The molecule has 1 aromatic carbocycles. The molecule has 1 atom stereocenters. The second kappa shape index (κ2) is 6.01. The molecule has 1 saturated heterocycles. The summed E-state index contributed by atoms with van der Waals surface area (Å²) in [5, 5.41) is 3.11. The van der Waals surface area contributed by atoms with E-state index in [-0.39, 0.29) is 11.8 Å². The molecule has 0 bridgehead atoms. The maximum Gasteiger partial charge on any atom is 0.222 e. The Balaban J connectivity index is 1.80. The van der Waals surface area contributed by atoms with Gasteiger partial charge in [0.1, 0.15) is 0 Å². The summed E-state index contributed by atoms with van der Waals surface area (Å²) in [6.45, 7) is 6.89. The van der Waals surface area contributed by atoms with E-state index >= 15 is 0 Å². The Labute approximate surface area is 109 Å². The van der Waals surface area contributed by atoms with Crippen molar-refractivity contribution < 1.29 is 4.79 Å². The number of likely N-dealkylation sites (tertiary alicyclic amines) is 1. The zero-order valence-electron chi connectivity index (χ0n) is 11.2. The zero-order chi connectivity index (χ0) is 13.0. The van der Waals surface area contributed by atoms with Gasteiger partial charge in [-0.15, -0.1) is 0 Å². The number of amides is 1. The standard InChI is InChI=1S/C15H22N2O/c1-12(2)15(18)16-14-8-9-17(11-14)10-13-6-4-3-5-7-13/h3-7,12,14H,8-11H2,1-2H3,(H,16,18). The van der Waals surface area contributed by atoms with Gasteiger partial charge < -0.3 is 5.32 Å². The maximum absolute atomic E-state index is 11.6. The fourth-order valence-corrected chi connectivity index (χ4v) is 2.30. The summed E-state index contributed by atoms with van der Waals surface area (Å²) in [5.74, 6) is 0.245. The first kappa shape index (κ1) is 13.1. The fraction of sp³-hybridized carbons (Fsp3) is 0.533. The van der Waals surface area contributed by atoms with Crippen LogP contribution < -0.4 is 5.32 Å². The first-order valence-corrected chi connectivity index (χ1v) is 6.72. The van der Waals surface area contributed by atoms with Crippen molar-refractivity contribution >= 4 is 5.91 Å². The molecule has 1 fully saturated rings. The lowest BCUT2D eigenvalue weighted by Gasteiger charge is -2.17. The Morgan fingerprint density at radius 1 is 1.39 bits per heavy atom. The van der Waals surface area contributed by atoms with Crippen LogP contribution in [0.5, 0.6) is 0 Å². The lowest BCUT2D eigenvalue weighted by molar-refractivity contribution is -0.124. The van der Waals surface area contributed by atoms with Gasteiger partial charge in [-0.05, 0) is 12.0 Å². The van der Waals surface area contributed by atoms with Crippen molar-refractivity contribution in [1.82, 2.24) is 10.2 Å². The van der Waals surface area contributed by atoms with E-state index in [2.05, 4.69) is 34.5 Å². The van der Waals surface area contributed by atoms with Crippen molar-refractivity contribution in [2.75, 3.05) is 13.1 Å². The van der Waals surface area contributed by atoms with Gasteiger partial charge in [0.05, 0.1) is 0 Å². The quantitative estimate of drug-likeness (QED) is 0.881. The van der Waals surface area contributed by atoms with Gasteiger partial charge in [0, 0.05) is 31.6 Å². The third kappa shape index (κ3) is 3.57. The van der Waals surface area contributed by atoms with Crippen LogP contribution in [0.15, 0.2) is 30.3 Å². The van der Waals surface area contributed by atoms with Crippen molar-refractivity contribution in [3.8, 4) is 0 Å². The Morgan fingerprint density at radius 2 is 2.11 bits per heavy atom. The van der Waals surface area contributed by atoms with E-state index < -0.39 is 0 Å². The number of hydrogen-bond acceptors (Lipinski definition) is 2. The highest BCUT2D eigenvalue weighted by Crippen LogP contribution is 2.13. The highest BCUT2D eigenvalue weighted by Gasteiger charge is 2.24. The Kier molecular flexibility index (Phi) is 4.37. The maximum atomic E-state index is 11.6. The Hall–Kier alpha value is -1.35. The molecule has 0 saturated carbocycles. The monoisotopic (exact) mass is 246 g/mol. The number of carbonyl (C=O) groups excluding carboxylic acids is 1. The van der Waals surface area contributed by atoms with E-state index in [4.69, 9.17) is 0 Å². The smallest absolute Gasteiger partial charge is 0.222 e. The lowest BCUT2D eigenvalue weighted by atomic mass is 10.2. The summed E-state index contributed by atoms with van der Waals surface area (Å²) in [6, 6.07) is 10.8. The predicted molar refractivity (Wildman–Crippen MR) is 73.1 cm³/mol. The van der Waals surface area contributed by atoms with Crippen molar-refractivity contribution in [2.24, 2.45) is 5.92 Å². The first-order chi connectivity index (χ1) is 8.65. The van der Waals surface area contributed by atoms with Crippen LogP contribution in [0, 0.1) is 5.92 Å². The van der Waals surface area contributed by atoms with Crippen LogP contribution in [-0.2, 0) is 11.3 Å². The van der Waals surface area contributed by atoms with Crippen LogP contribution in [-0.4, -0.2) is 29.9 Å². The average molecular weight is 246 g/mol. The van der Waals surface area contributed by atoms with Gasteiger partial charge in [0.15, 0.2) is 0 Å². The highest BCUT2D eigenvalue weighted by molar-refractivity contribution is 5.78. The molecule has 1 amide bonds. The summed E-state index contributed by atoms with van der Waals surface area (Å²) < 4.78 is 0. The molecule has 1 N–H and O–H groups in total. The molecule has 0 aromatic heterocycles. The second-order valence-electron chi connectivity index (χ2n) is 5.37. The molecule has 1 aromatic rings. The molecule has 98 valence electrons. The number of nitrogens with one attached hydrogen (secondary N) is 1. The van der Waals surface area contributed by atoms with Crippen LogP contribution in [0.3, 0.4) is 0 Å². The normalized spacial score (nSPS) is 20.3. The number of nitrogens with zero attached hydrogens (tertiary/aromatic N) is 1. The summed E-state index contributed by atoms with van der Waals surface area (Å²) in [7, 11) is 0. The van der Waals surface area contributed by atoms with E-state index in [9.17, 15) is 4.79 Å². The Morgan fingerprint density at radius 3 is 2.78 bits per heavy atom. The molecule has 1 aliphatic heterocycles. The molecule has 0 radical (unpaired) electrons. The van der Waals surface area contributed by atoms with E-state index in [0.29, 0.717) is 6.04 Å². The SMILES string of the molecule is CC(C)C(=O)NC1CCN(Cc2ccccc2)C1. The number of rotatable bonds is 4. The minimum Gasteiger partial charge on any atom is -0.352 e. The van der Waals surface area contributed by atoms with Crippen LogP contribution in [0.2, 0.25) is 0 Å². The molecule has 1 aliphatic rings. The van der Waals surface area contributed by atoms with Crippen molar-refractivity contribution in [3.63, 3.8) is 0 Å². The molecule has 1 unspecified atom stereocenters. The van der Waals surface area contributed by atoms with Gasteiger partial charge in [-0.2, -0.15) is 0 Å². The fourth-order valence-electron chi connectivity index (χ4n) is 2.30. The third-order valence-corrected chi connectivity index (χ3v) is 3.39. The van der Waals surface area contributed by atoms with Gasteiger partial charge in [0.25, 0.3) is 0 Å². The van der Waals surface area contributed by atoms with Crippen LogP contribution in [0.25, 0.3) is 0 Å². The summed E-state index contributed by atoms with van der Waals surface area (Å²) in [5.41, 5.74) is 1.34. The molecule has 0 spiro atoms. The molecule has 2 rings (SSSR count). The van der Waals surface area contributed by atoms with E-state index in [1.165, 1.54) is 5.56 Å². The third-order valence-electron chi connectivity index (χ3n) is 3.39. The van der Waals surface area contributed by atoms with Gasteiger partial charge >= 0.3 is 0 Å².